The van der Waals surface area contributed by atoms with E-state index in [1.165, 1.54) is 27.4 Å². The number of benzene rings is 2. The molecule has 0 unspecified atom stereocenters. The van der Waals surface area contributed by atoms with Gasteiger partial charge < -0.3 is 25.1 Å². The highest BCUT2D eigenvalue weighted by Crippen LogP contribution is 2.41. The fourth-order valence-electron chi connectivity index (χ4n) is 2.18. The van der Waals surface area contributed by atoms with Gasteiger partial charge in [0.1, 0.15) is 0 Å². The summed E-state index contributed by atoms with van der Waals surface area (Å²) in [5.41, 5.74) is 7.58. The number of nitrogen functional groups attached to an aromatic ring is 1. The van der Waals surface area contributed by atoms with Crippen molar-refractivity contribution in [2.45, 2.75) is 0 Å². The second-order valence-electron chi connectivity index (χ2n) is 4.52. The van der Waals surface area contributed by atoms with Gasteiger partial charge in [-0.3, -0.25) is 0 Å². The lowest BCUT2D eigenvalue weighted by molar-refractivity contribution is 0.0698. The molecule has 116 valence electrons. The number of rotatable bonds is 5. The van der Waals surface area contributed by atoms with Gasteiger partial charge in [0.25, 0.3) is 0 Å². The first-order valence-corrected chi connectivity index (χ1v) is 6.45. The molecule has 0 aromatic heterocycles. The quantitative estimate of drug-likeness (QED) is 0.825. The van der Waals surface area contributed by atoms with E-state index in [1.807, 2.05) is 0 Å². The van der Waals surface area contributed by atoms with Crippen LogP contribution in [-0.4, -0.2) is 32.4 Å². The van der Waals surface area contributed by atoms with E-state index < -0.39 is 5.97 Å². The van der Waals surface area contributed by atoms with Crippen LogP contribution < -0.4 is 19.9 Å². The van der Waals surface area contributed by atoms with Crippen molar-refractivity contribution < 1.29 is 24.1 Å². The smallest absolute Gasteiger partial charge is 0.337 e. The number of carbonyl (C=O) groups is 1. The van der Waals surface area contributed by atoms with Crippen LogP contribution in [0, 0.1) is 0 Å². The largest absolute Gasteiger partial charge is 0.493 e. The Bertz CT molecular complexity index is 687. The molecular formula is C16H17NO5. The molecule has 2 rings (SSSR count). The Morgan fingerprint density at radius 3 is 1.95 bits per heavy atom. The van der Waals surface area contributed by atoms with Gasteiger partial charge in [0, 0.05) is 5.69 Å². The number of anilines is 1. The number of ether oxygens (including phenoxy) is 3. The Balaban J connectivity index is 2.57. The molecule has 0 fully saturated rings. The first kappa shape index (κ1) is 15.5. The molecule has 0 aliphatic rings. The molecule has 0 aliphatic carbocycles. The Kier molecular flexibility index (Phi) is 4.41. The van der Waals surface area contributed by atoms with E-state index in [9.17, 15) is 4.79 Å². The molecule has 0 saturated carbocycles. The summed E-state index contributed by atoms with van der Waals surface area (Å²) in [6.07, 6.45) is 0. The van der Waals surface area contributed by atoms with E-state index in [1.54, 1.807) is 24.3 Å². The maximum Gasteiger partial charge on any atom is 0.337 e. The summed E-state index contributed by atoms with van der Waals surface area (Å²) >= 11 is 0. The average molecular weight is 303 g/mol. The summed E-state index contributed by atoms with van der Waals surface area (Å²) in [5.74, 6) is 0.452. The topological polar surface area (TPSA) is 91.0 Å². The zero-order valence-electron chi connectivity index (χ0n) is 12.5. The van der Waals surface area contributed by atoms with E-state index in [0.717, 1.165) is 11.1 Å². The summed E-state index contributed by atoms with van der Waals surface area (Å²) in [6, 6.07) is 8.30. The van der Waals surface area contributed by atoms with Crippen LogP contribution in [0.3, 0.4) is 0 Å². The summed E-state index contributed by atoms with van der Waals surface area (Å²) in [5, 5.41) is 9.02. The standard InChI is InChI=1S/C16H17NO5/c1-20-13-7-10(8-14(21-2)15(13)22-3)9-4-5-11(16(18)19)12(17)6-9/h4-8H,17H2,1-3H3,(H,18,19). The van der Waals surface area contributed by atoms with Gasteiger partial charge in [0.2, 0.25) is 5.75 Å². The van der Waals surface area contributed by atoms with Crippen molar-refractivity contribution in [3.8, 4) is 28.4 Å². The molecule has 0 heterocycles. The number of methoxy groups -OCH3 is 3. The lowest BCUT2D eigenvalue weighted by Crippen LogP contribution is -2.02. The molecule has 0 bridgehead atoms. The van der Waals surface area contributed by atoms with Gasteiger partial charge in [-0.15, -0.1) is 0 Å². The lowest BCUT2D eigenvalue weighted by Gasteiger charge is -2.14. The Morgan fingerprint density at radius 2 is 1.55 bits per heavy atom. The molecule has 0 spiro atoms. The van der Waals surface area contributed by atoms with Gasteiger partial charge in [-0.1, -0.05) is 6.07 Å². The average Bonchev–Trinajstić information content (AvgIpc) is 2.52. The highest BCUT2D eigenvalue weighted by atomic mass is 16.5. The molecule has 6 heteroatoms. The van der Waals surface area contributed by atoms with E-state index in [4.69, 9.17) is 25.1 Å². The molecule has 0 amide bonds. The van der Waals surface area contributed by atoms with Crippen LogP contribution in [0.2, 0.25) is 0 Å². The predicted molar refractivity (Wildman–Crippen MR) is 82.9 cm³/mol. The first-order valence-electron chi connectivity index (χ1n) is 6.45. The molecule has 3 N–H and O–H groups in total. The Labute approximate surface area is 128 Å². The molecule has 22 heavy (non-hydrogen) atoms. The second kappa shape index (κ2) is 6.26. The van der Waals surface area contributed by atoms with E-state index >= 15 is 0 Å². The zero-order valence-corrected chi connectivity index (χ0v) is 12.5. The van der Waals surface area contributed by atoms with Crippen molar-refractivity contribution in [3.05, 3.63) is 35.9 Å². The summed E-state index contributed by atoms with van der Waals surface area (Å²) < 4.78 is 15.9. The number of aromatic carboxylic acids is 1. The fourth-order valence-corrected chi connectivity index (χ4v) is 2.18. The van der Waals surface area contributed by atoms with Crippen molar-refractivity contribution in [2.24, 2.45) is 0 Å². The van der Waals surface area contributed by atoms with Crippen LogP contribution in [0.15, 0.2) is 30.3 Å². The maximum atomic E-state index is 11.0. The minimum Gasteiger partial charge on any atom is -0.493 e. The second-order valence-corrected chi connectivity index (χ2v) is 4.52. The third-order valence-corrected chi connectivity index (χ3v) is 3.28. The molecule has 0 atom stereocenters. The van der Waals surface area contributed by atoms with E-state index in [0.29, 0.717) is 17.2 Å². The van der Waals surface area contributed by atoms with Crippen LogP contribution in [-0.2, 0) is 0 Å². The molecular weight excluding hydrogens is 286 g/mol. The fraction of sp³-hybridized carbons (Fsp3) is 0.188. The lowest BCUT2D eigenvalue weighted by atomic mass is 10.0. The molecule has 0 saturated heterocycles. The minimum atomic E-state index is -1.06. The van der Waals surface area contributed by atoms with Crippen molar-refractivity contribution in [1.29, 1.82) is 0 Å². The number of carboxylic acid groups (broad SMARTS) is 1. The van der Waals surface area contributed by atoms with Crippen molar-refractivity contribution in [3.63, 3.8) is 0 Å². The monoisotopic (exact) mass is 303 g/mol. The molecule has 0 radical (unpaired) electrons. The third-order valence-electron chi connectivity index (χ3n) is 3.28. The van der Waals surface area contributed by atoms with Crippen molar-refractivity contribution in [2.75, 3.05) is 27.1 Å². The molecule has 2 aromatic carbocycles. The number of hydrogen-bond acceptors (Lipinski definition) is 5. The van der Waals surface area contributed by atoms with E-state index in [2.05, 4.69) is 0 Å². The number of nitrogens with two attached hydrogens (primary N) is 1. The summed E-state index contributed by atoms with van der Waals surface area (Å²) in [6.45, 7) is 0. The molecule has 2 aromatic rings. The molecule has 6 nitrogen and oxygen atoms in total. The highest BCUT2D eigenvalue weighted by molar-refractivity contribution is 5.94. The van der Waals surface area contributed by atoms with Crippen LogP contribution in [0.4, 0.5) is 5.69 Å². The first-order chi connectivity index (χ1) is 10.5. The normalized spacial score (nSPS) is 10.1. The van der Waals surface area contributed by atoms with Crippen molar-refractivity contribution in [1.82, 2.24) is 0 Å². The zero-order chi connectivity index (χ0) is 16.3. The van der Waals surface area contributed by atoms with Gasteiger partial charge >= 0.3 is 5.97 Å². The highest BCUT2D eigenvalue weighted by Gasteiger charge is 2.15. The van der Waals surface area contributed by atoms with Gasteiger partial charge in [0.15, 0.2) is 11.5 Å². The summed E-state index contributed by atoms with van der Waals surface area (Å²) in [7, 11) is 4.59. The summed E-state index contributed by atoms with van der Waals surface area (Å²) in [4.78, 5) is 11.0. The number of carboxylic acids is 1. The SMILES string of the molecule is COc1cc(-c2ccc(C(=O)O)c(N)c2)cc(OC)c1OC. The van der Waals surface area contributed by atoms with Crippen LogP contribution in [0.25, 0.3) is 11.1 Å². The van der Waals surface area contributed by atoms with Crippen LogP contribution in [0.1, 0.15) is 10.4 Å². The minimum absolute atomic E-state index is 0.0659. The maximum absolute atomic E-state index is 11.0. The number of hydrogen-bond donors (Lipinski definition) is 2. The van der Waals surface area contributed by atoms with Crippen LogP contribution in [0.5, 0.6) is 17.2 Å². The van der Waals surface area contributed by atoms with E-state index in [-0.39, 0.29) is 11.3 Å². The van der Waals surface area contributed by atoms with Gasteiger partial charge in [-0.25, -0.2) is 4.79 Å². The van der Waals surface area contributed by atoms with Crippen molar-refractivity contribution >= 4 is 11.7 Å². The third kappa shape index (κ3) is 2.76. The Morgan fingerprint density at radius 1 is 0.955 bits per heavy atom. The Hall–Kier alpha value is -2.89. The molecule has 0 aliphatic heterocycles. The van der Waals surface area contributed by atoms with Gasteiger partial charge in [-0.2, -0.15) is 0 Å². The predicted octanol–water partition coefficient (Wildman–Crippen LogP) is 2.66. The van der Waals surface area contributed by atoms with Gasteiger partial charge in [-0.05, 0) is 35.4 Å². The van der Waals surface area contributed by atoms with Crippen LogP contribution >= 0.6 is 0 Å². The van der Waals surface area contributed by atoms with Gasteiger partial charge in [0.05, 0.1) is 26.9 Å².